The Morgan fingerprint density at radius 2 is 1.43 bits per heavy atom. The summed E-state index contributed by atoms with van der Waals surface area (Å²) in [7, 11) is -0.137. The molecule has 1 N–H and O–H groups in total. The maximum atomic E-state index is 8.95. The van der Waals surface area contributed by atoms with Crippen molar-refractivity contribution < 1.29 is 17.8 Å². The largest absolute Gasteiger partial charge is 0.353 e. The number of rotatable bonds is 0. The molecule has 0 saturated heterocycles. The van der Waals surface area contributed by atoms with Crippen LogP contribution in [0.25, 0.3) is 0 Å². The molecule has 0 aromatic carbocycles. The molecule has 0 aliphatic heterocycles. The van der Waals surface area contributed by atoms with Gasteiger partial charge in [-0.1, -0.05) is 0 Å². The summed E-state index contributed by atoms with van der Waals surface area (Å²) in [6.45, 7) is 2.00. The van der Waals surface area contributed by atoms with Gasteiger partial charge in [-0.3, -0.25) is 4.55 Å². The van der Waals surface area contributed by atoms with Crippen LogP contribution in [-0.2, 0) is 14.1 Å². The molecular formula is CH3ClO4S. The van der Waals surface area contributed by atoms with Gasteiger partial charge in [-0.2, -0.15) is 8.42 Å². The van der Waals surface area contributed by atoms with Crippen LogP contribution in [0.2, 0.25) is 0 Å². The number of hydrogen-bond acceptors (Lipinski definition) is 3. The first-order chi connectivity index (χ1) is 3.00. The molecule has 0 rings (SSSR count). The second-order valence-electron chi connectivity index (χ2n) is 0.412. The Labute approximate surface area is 45.3 Å². The van der Waals surface area contributed by atoms with E-state index in [1.165, 1.54) is 0 Å². The van der Waals surface area contributed by atoms with E-state index < -0.39 is 9.33 Å². The van der Waals surface area contributed by atoms with Gasteiger partial charge in [0.15, 0.2) is 0 Å². The first-order valence-corrected chi connectivity index (χ1v) is 3.23. The molecule has 0 aliphatic carbocycles. The summed E-state index contributed by atoms with van der Waals surface area (Å²) >= 11 is 0. The summed E-state index contributed by atoms with van der Waals surface area (Å²) in [5, 5.41) is 0. The van der Waals surface area contributed by atoms with Crippen molar-refractivity contribution in [3.8, 4) is 0 Å². The first-order valence-electron chi connectivity index (χ1n) is 0.959. The fraction of sp³-hybridized carbons (Fsp3) is 0. The summed E-state index contributed by atoms with van der Waals surface area (Å²) in [6, 6.07) is 0. The lowest BCUT2D eigenvalue weighted by atomic mass is 11.9. The second-order valence-corrected chi connectivity index (χ2v) is 2.41. The van der Waals surface area contributed by atoms with E-state index in [2.05, 4.69) is 10.7 Å². The molecule has 7 heavy (non-hydrogen) atoms. The molecule has 0 fully saturated rings. The van der Waals surface area contributed by atoms with Crippen molar-refractivity contribution in [1.29, 1.82) is 0 Å². The van der Waals surface area contributed by atoms with Crippen molar-refractivity contribution in [3.63, 3.8) is 0 Å². The maximum Gasteiger partial charge on any atom is 0.353 e. The van der Waals surface area contributed by atoms with Crippen molar-refractivity contribution in [2.45, 2.75) is 0 Å². The SMILES string of the molecule is C=O.O=S(=O)(O)Cl. The standard InChI is InChI=1S/CH2O.ClHO3S/c1-2;1-5(2,3)4/h1H2;(H,2,3,4). The molecule has 0 atom stereocenters. The molecule has 0 aromatic heterocycles. The molecule has 6 heteroatoms. The molecule has 0 unspecified atom stereocenters. The summed E-state index contributed by atoms with van der Waals surface area (Å²) in [6.07, 6.45) is 0. The van der Waals surface area contributed by atoms with E-state index in [9.17, 15) is 0 Å². The van der Waals surface area contributed by atoms with Crippen LogP contribution in [-0.4, -0.2) is 19.8 Å². The molecule has 44 valence electrons. The predicted molar refractivity (Wildman–Crippen MR) is 24.5 cm³/mol. The Hall–Kier alpha value is -0.130. The van der Waals surface area contributed by atoms with Crippen molar-refractivity contribution >= 4 is 26.8 Å². The average molecular weight is 147 g/mol. The Balaban J connectivity index is 0. The van der Waals surface area contributed by atoms with Crippen LogP contribution in [0.3, 0.4) is 0 Å². The molecule has 0 heterocycles. The summed E-state index contributed by atoms with van der Waals surface area (Å²) in [4.78, 5) is 8.00. The average Bonchev–Trinajstić information content (AvgIpc) is 1.36. The molecule has 0 bridgehead atoms. The van der Waals surface area contributed by atoms with Crippen LogP contribution in [0.5, 0.6) is 0 Å². The van der Waals surface area contributed by atoms with Crippen LogP contribution in [0.15, 0.2) is 0 Å². The zero-order valence-corrected chi connectivity index (χ0v) is 4.74. The number of halogens is 1. The summed E-state index contributed by atoms with van der Waals surface area (Å²) < 4.78 is 25.2. The maximum absolute atomic E-state index is 8.95. The van der Waals surface area contributed by atoms with Gasteiger partial charge in [0.05, 0.1) is 0 Å². The van der Waals surface area contributed by atoms with Gasteiger partial charge < -0.3 is 4.79 Å². The molecule has 0 spiro atoms. The van der Waals surface area contributed by atoms with Crippen LogP contribution >= 0.6 is 10.7 Å². The highest BCUT2D eigenvalue weighted by Gasteiger charge is 1.86. The van der Waals surface area contributed by atoms with Crippen molar-refractivity contribution in [2.24, 2.45) is 0 Å². The van der Waals surface area contributed by atoms with E-state index in [-0.39, 0.29) is 0 Å². The lowest BCUT2D eigenvalue weighted by Gasteiger charge is -1.65. The van der Waals surface area contributed by atoms with Gasteiger partial charge in [0.25, 0.3) is 0 Å². The van der Waals surface area contributed by atoms with E-state index in [0.29, 0.717) is 0 Å². The van der Waals surface area contributed by atoms with E-state index in [0.717, 1.165) is 0 Å². The number of carbonyl (C=O) groups is 1. The molecule has 0 amide bonds. The minimum Gasteiger partial charge on any atom is -0.307 e. The van der Waals surface area contributed by atoms with Crippen LogP contribution in [0, 0.1) is 0 Å². The smallest absolute Gasteiger partial charge is 0.307 e. The zero-order valence-electron chi connectivity index (χ0n) is 3.17. The minimum absolute atomic E-state index is 2.00. The molecule has 0 saturated carbocycles. The minimum atomic E-state index is -4.19. The van der Waals surface area contributed by atoms with Crippen molar-refractivity contribution in [3.05, 3.63) is 0 Å². The van der Waals surface area contributed by atoms with Gasteiger partial charge in [0.2, 0.25) is 0 Å². The molecule has 0 radical (unpaired) electrons. The number of carbonyl (C=O) groups excluding carboxylic acids is 1. The molecule has 0 aliphatic rings. The quantitative estimate of drug-likeness (QED) is 0.381. The third-order valence-corrected chi connectivity index (χ3v) is 0. The third kappa shape index (κ3) is 5200. The van der Waals surface area contributed by atoms with Crippen molar-refractivity contribution in [1.82, 2.24) is 0 Å². The normalized spacial score (nSPS) is 8.86. The van der Waals surface area contributed by atoms with Gasteiger partial charge in [0, 0.05) is 10.7 Å². The van der Waals surface area contributed by atoms with Crippen LogP contribution in [0.1, 0.15) is 0 Å². The Kier molecular flexibility index (Phi) is 5.76. The Morgan fingerprint density at radius 1 is 1.43 bits per heavy atom. The fourth-order valence-corrected chi connectivity index (χ4v) is 0. The highest BCUT2D eigenvalue weighted by molar-refractivity contribution is 8.09. The van der Waals surface area contributed by atoms with Gasteiger partial charge >= 0.3 is 9.33 Å². The lowest BCUT2D eigenvalue weighted by molar-refractivity contribution is -0.0979. The molecule has 4 nitrogen and oxygen atoms in total. The summed E-state index contributed by atoms with van der Waals surface area (Å²) in [5.41, 5.74) is 0. The van der Waals surface area contributed by atoms with Crippen LogP contribution in [0.4, 0.5) is 0 Å². The highest BCUT2D eigenvalue weighted by atomic mass is 35.7. The Bertz CT molecular complexity index is 106. The monoisotopic (exact) mass is 146 g/mol. The van der Waals surface area contributed by atoms with Crippen LogP contribution < -0.4 is 0 Å². The summed E-state index contributed by atoms with van der Waals surface area (Å²) in [5.74, 6) is 0. The molecular weight excluding hydrogens is 144 g/mol. The Morgan fingerprint density at radius 3 is 1.43 bits per heavy atom. The third-order valence-electron chi connectivity index (χ3n) is 0. The molecule has 0 aromatic rings. The van der Waals surface area contributed by atoms with E-state index in [4.69, 9.17) is 17.8 Å². The second kappa shape index (κ2) is 4.04. The fourth-order valence-electron chi connectivity index (χ4n) is 0. The highest BCUT2D eigenvalue weighted by Crippen LogP contribution is 1.82. The van der Waals surface area contributed by atoms with Gasteiger partial charge in [-0.05, 0) is 0 Å². The van der Waals surface area contributed by atoms with Gasteiger partial charge in [-0.15, -0.1) is 0 Å². The van der Waals surface area contributed by atoms with E-state index in [1.807, 2.05) is 6.79 Å². The van der Waals surface area contributed by atoms with E-state index >= 15 is 0 Å². The van der Waals surface area contributed by atoms with Crippen molar-refractivity contribution in [2.75, 3.05) is 0 Å². The topological polar surface area (TPSA) is 71.4 Å². The first kappa shape index (κ1) is 9.98. The van der Waals surface area contributed by atoms with E-state index in [1.54, 1.807) is 0 Å². The predicted octanol–water partition coefficient (Wildman–Crippen LogP) is -0.157. The lowest BCUT2D eigenvalue weighted by Crippen LogP contribution is -1.77. The number of hydrogen-bond donors (Lipinski definition) is 1. The van der Waals surface area contributed by atoms with Gasteiger partial charge in [0.1, 0.15) is 6.79 Å². The zero-order chi connectivity index (χ0) is 6.50. The van der Waals surface area contributed by atoms with Gasteiger partial charge in [-0.25, -0.2) is 0 Å².